The smallest absolute Gasteiger partial charge is 0.379 e. The average molecular weight is 300 g/mol. The Hall–Kier alpha value is -2.33. The molecule has 0 heterocycles. The van der Waals surface area contributed by atoms with E-state index in [-0.39, 0.29) is 5.56 Å². The number of aliphatic hydroxyl groups is 1. The van der Waals surface area contributed by atoms with Crippen molar-refractivity contribution < 1.29 is 18.3 Å². The van der Waals surface area contributed by atoms with Crippen LogP contribution >= 0.6 is 0 Å². The van der Waals surface area contributed by atoms with Gasteiger partial charge in [-0.05, 0) is 37.9 Å². The summed E-state index contributed by atoms with van der Waals surface area (Å²) in [5.41, 5.74) is -0.0988. The van der Waals surface area contributed by atoms with Gasteiger partial charge < -0.3 is 5.11 Å². The number of benzene rings is 4. The van der Waals surface area contributed by atoms with Crippen LogP contribution in [-0.4, -0.2) is 11.3 Å². The lowest BCUT2D eigenvalue weighted by Crippen LogP contribution is -2.20. The molecule has 1 atom stereocenters. The van der Waals surface area contributed by atoms with Crippen molar-refractivity contribution in [3.05, 3.63) is 60.2 Å². The summed E-state index contributed by atoms with van der Waals surface area (Å²) in [7, 11) is 0. The van der Waals surface area contributed by atoms with Crippen LogP contribution in [0, 0.1) is 0 Å². The maximum absolute atomic E-state index is 12.9. The molecule has 1 nitrogen and oxygen atoms in total. The Morgan fingerprint density at radius 3 is 1.91 bits per heavy atom. The van der Waals surface area contributed by atoms with E-state index < -0.39 is 12.3 Å². The third-order valence-corrected chi connectivity index (χ3v) is 4.17. The Morgan fingerprint density at radius 1 is 0.727 bits per heavy atom. The minimum Gasteiger partial charge on any atom is -0.379 e. The van der Waals surface area contributed by atoms with Crippen LogP contribution in [0.25, 0.3) is 32.3 Å². The molecule has 0 aliphatic carbocycles. The van der Waals surface area contributed by atoms with Crippen LogP contribution in [0.4, 0.5) is 13.2 Å². The molecule has 22 heavy (non-hydrogen) atoms. The zero-order chi connectivity index (χ0) is 15.5. The molecule has 0 spiro atoms. The molecule has 0 aliphatic rings. The summed E-state index contributed by atoms with van der Waals surface area (Å²) in [6, 6.07) is 16.1. The number of hydrogen-bond acceptors (Lipinski definition) is 1. The molecule has 0 saturated carbocycles. The summed E-state index contributed by atoms with van der Waals surface area (Å²) in [6.07, 6.45) is -7.15. The Morgan fingerprint density at radius 2 is 1.27 bits per heavy atom. The lowest BCUT2D eigenvalue weighted by atomic mass is 9.90. The van der Waals surface area contributed by atoms with E-state index in [4.69, 9.17) is 0 Å². The Kier molecular flexibility index (Phi) is 2.63. The van der Waals surface area contributed by atoms with Gasteiger partial charge in [-0.25, -0.2) is 0 Å². The van der Waals surface area contributed by atoms with Gasteiger partial charge in [0.1, 0.15) is 0 Å². The van der Waals surface area contributed by atoms with E-state index in [9.17, 15) is 18.3 Å². The summed E-state index contributed by atoms with van der Waals surface area (Å²) in [4.78, 5) is 0. The molecule has 4 aromatic carbocycles. The SMILES string of the molecule is O[C@H](c1ccc2ccc3cccc4ccc1c2c34)C(F)(F)F. The van der Waals surface area contributed by atoms with E-state index in [2.05, 4.69) is 0 Å². The summed E-state index contributed by atoms with van der Waals surface area (Å²) in [5.74, 6) is 0. The van der Waals surface area contributed by atoms with E-state index in [1.807, 2.05) is 30.3 Å². The van der Waals surface area contributed by atoms with Crippen molar-refractivity contribution in [2.75, 3.05) is 0 Å². The average Bonchev–Trinajstić information content (AvgIpc) is 2.51. The third kappa shape index (κ3) is 1.77. The normalized spacial score (nSPS) is 14.2. The molecule has 0 saturated heterocycles. The van der Waals surface area contributed by atoms with Crippen molar-refractivity contribution >= 4 is 32.3 Å². The van der Waals surface area contributed by atoms with Crippen molar-refractivity contribution in [1.82, 2.24) is 0 Å². The number of aliphatic hydroxyl groups excluding tert-OH is 1. The third-order valence-electron chi connectivity index (χ3n) is 4.17. The molecule has 4 aromatic rings. The van der Waals surface area contributed by atoms with Crippen molar-refractivity contribution in [1.29, 1.82) is 0 Å². The van der Waals surface area contributed by atoms with Gasteiger partial charge in [0.25, 0.3) is 0 Å². The lowest BCUT2D eigenvalue weighted by Gasteiger charge is -2.19. The fourth-order valence-corrected chi connectivity index (χ4v) is 3.17. The molecular weight excluding hydrogens is 289 g/mol. The number of rotatable bonds is 1. The van der Waals surface area contributed by atoms with Gasteiger partial charge in [-0.1, -0.05) is 54.6 Å². The molecule has 0 aliphatic heterocycles. The standard InChI is InChI=1S/C18H11F3O/c19-18(20,21)17(22)14-9-7-12-5-4-10-2-1-3-11-6-8-13(14)16(12)15(10)11/h1-9,17,22H/t17-/m1/s1. The van der Waals surface area contributed by atoms with Gasteiger partial charge in [-0.15, -0.1) is 0 Å². The van der Waals surface area contributed by atoms with Gasteiger partial charge in [-0.3, -0.25) is 0 Å². The predicted octanol–water partition coefficient (Wildman–Crippen LogP) is 5.18. The number of halogens is 3. The summed E-state index contributed by atoms with van der Waals surface area (Å²) in [5, 5.41) is 14.7. The van der Waals surface area contributed by atoms with Crippen LogP contribution < -0.4 is 0 Å². The number of alkyl halides is 3. The van der Waals surface area contributed by atoms with Crippen LogP contribution in [-0.2, 0) is 0 Å². The van der Waals surface area contributed by atoms with Crippen LogP contribution in [0.15, 0.2) is 54.6 Å². The van der Waals surface area contributed by atoms with Crippen LogP contribution in [0.3, 0.4) is 0 Å². The van der Waals surface area contributed by atoms with E-state index in [0.717, 1.165) is 26.9 Å². The highest BCUT2D eigenvalue weighted by Gasteiger charge is 2.40. The summed E-state index contributed by atoms with van der Waals surface area (Å²) < 4.78 is 38.7. The van der Waals surface area contributed by atoms with Gasteiger partial charge in [0.05, 0.1) is 0 Å². The maximum Gasteiger partial charge on any atom is 0.418 e. The van der Waals surface area contributed by atoms with Crippen molar-refractivity contribution in [2.24, 2.45) is 0 Å². The lowest BCUT2D eigenvalue weighted by molar-refractivity contribution is -0.206. The van der Waals surface area contributed by atoms with Gasteiger partial charge >= 0.3 is 6.18 Å². The van der Waals surface area contributed by atoms with Crippen molar-refractivity contribution in [3.8, 4) is 0 Å². The Bertz CT molecular complexity index is 972. The first-order valence-electron chi connectivity index (χ1n) is 6.88. The fourth-order valence-electron chi connectivity index (χ4n) is 3.17. The minimum absolute atomic E-state index is 0.0988. The van der Waals surface area contributed by atoms with E-state index in [1.54, 1.807) is 18.2 Å². The molecule has 0 unspecified atom stereocenters. The minimum atomic E-state index is -4.68. The zero-order valence-corrected chi connectivity index (χ0v) is 11.4. The maximum atomic E-state index is 12.9. The topological polar surface area (TPSA) is 20.2 Å². The van der Waals surface area contributed by atoms with E-state index in [1.165, 1.54) is 6.07 Å². The van der Waals surface area contributed by atoms with Gasteiger partial charge in [0, 0.05) is 0 Å². The van der Waals surface area contributed by atoms with E-state index >= 15 is 0 Å². The monoisotopic (exact) mass is 300 g/mol. The molecule has 0 amide bonds. The van der Waals surface area contributed by atoms with Gasteiger partial charge in [0.2, 0.25) is 0 Å². The number of hydrogen-bond donors (Lipinski definition) is 1. The van der Waals surface area contributed by atoms with Crippen molar-refractivity contribution in [2.45, 2.75) is 12.3 Å². The highest BCUT2D eigenvalue weighted by molar-refractivity contribution is 6.23. The van der Waals surface area contributed by atoms with Crippen LogP contribution in [0.1, 0.15) is 11.7 Å². The molecule has 0 aromatic heterocycles. The van der Waals surface area contributed by atoms with Gasteiger partial charge in [0.15, 0.2) is 6.10 Å². The highest BCUT2D eigenvalue weighted by Crippen LogP contribution is 2.41. The van der Waals surface area contributed by atoms with Crippen LogP contribution in [0.5, 0.6) is 0 Å². The second kappa shape index (κ2) is 4.34. The first-order chi connectivity index (χ1) is 10.5. The predicted molar refractivity (Wildman–Crippen MR) is 81.2 cm³/mol. The fraction of sp³-hybridized carbons (Fsp3) is 0.111. The molecule has 0 radical (unpaired) electrons. The van der Waals surface area contributed by atoms with Gasteiger partial charge in [-0.2, -0.15) is 13.2 Å². The molecular formula is C18H11F3O. The molecule has 0 fully saturated rings. The summed E-state index contributed by atoms with van der Waals surface area (Å²) >= 11 is 0. The first-order valence-corrected chi connectivity index (χ1v) is 6.88. The van der Waals surface area contributed by atoms with E-state index in [0.29, 0.717) is 5.39 Å². The van der Waals surface area contributed by atoms with Crippen molar-refractivity contribution in [3.63, 3.8) is 0 Å². The Balaban J connectivity index is 2.17. The first kappa shape index (κ1) is 13.3. The molecule has 4 heteroatoms. The second-order valence-corrected chi connectivity index (χ2v) is 5.45. The molecule has 0 bridgehead atoms. The largest absolute Gasteiger partial charge is 0.418 e. The molecule has 110 valence electrons. The van der Waals surface area contributed by atoms with Crippen LogP contribution in [0.2, 0.25) is 0 Å². The molecule has 4 rings (SSSR count). The highest BCUT2D eigenvalue weighted by atomic mass is 19.4. The summed E-state index contributed by atoms with van der Waals surface area (Å²) in [6.45, 7) is 0. The Labute approximate surface area is 123 Å². The second-order valence-electron chi connectivity index (χ2n) is 5.45. The zero-order valence-electron chi connectivity index (χ0n) is 11.4. The quantitative estimate of drug-likeness (QED) is 0.480. The molecule has 1 N–H and O–H groups in total.